The van der Waals surface area contributed by atoms with E-state index in [1.54, 1.807) is 25.3 Å². The number of carbonyl (C=O) groups is 1. The molecule has 0 bridgehead atoms. The van der Waals surface area contributed by atoms with Gasteiger partial charge in [0.25, 0.3) is 0 Å². The lowest BCUT2D eigenvalue weighted by Gasteiger charge is -2.05. The van der Waals surface area contributed by atoms with Gasteiger partial charge in [-0.25, -0.2) is 4.79 Å². The maximum absolute atomic E-state index is 11.8. The van der Waals surface area contributed by atoms with Crippen LogP contribution < -0.4 is 4.74 Å². The van der Waals surface area contributed by atoms with Crippen LogP contribution in [0.15, 0.2) is 48.5 Å². The maximum Gasteiger partial charge on any atom is 0.339 e. The van der Waals surface area contributed by atoms with Crippen LogP contribution in [0.5, 0.6) is 5.75 Å². The minimum Gasteiger partial charge on any atom is -0.497 e. The van der Waals surface area contributed by atoms with Crippen LogP contribution in [-0.4, -0.2) is 20.2 Å². The SMILES string of the molecule is COC(=O)c1cc(OC)ccc1C#Cc1ccccc1. The first kappa shape index (κ1) is 13.7. The standard InChI is InChI=1S/C17H14O3/c1-19-15-11-10-14(16(12-15)17(18)20-2)9-8-13-6-4-3-5-7-13/h3-7,10-12H,1-2H3. The minimum atomic E-state index is -0.429. The van der Waals surface area contributed by atoms with Crippen molar-refractivity contribution in [1.29, 1.82) is 0 Å². The lowest BCUT2D eigenvalue weighted by Crippen LogP contribution is -2.04. The van der Waals surface area contributed by atoms with Crippen LogP contribution >= 0.6 is 0 Å². The molecule has 3 nitrogen and oxygen atoms in total. The predicted octanol–water partition coefficient (Wildman–Crippen LogP) is 2.88. The Morgan fingerprint density at radius 2 is 1.75 bits per heavy atom. The largest absolute Gasteiger partial charge is 0.497 e. The molecule has 0 saturated heterocycles. The zero-order valence-electron chi connectivity index (χ0n) is 11.3. The number of hydrogen-bond donors (Lipinski definition) is 0. The van der Waals surface area contributed by atoms with Gasteiger partial charge in [-0.2, -0.15) is 0 Å². The summed E-state index contributed by atoms with van der Waals surface area (Å²) in [7, 11) is 2.89. The molecule has 0 atom stereocenters. The summed E-state index contributed by atoms with van der Waals surface area (Å²) >= 11 is 0. The van der Waals surface area contributed by atoms with E-state index in [-0.39, 0.29) is 0 Å². The monoisotopic (exact) mass is 266 g/mol. The third-order valence-corrected chi connectivity index (χ3v) is 2.75. The van der Waals surface area contributed by atoms with Gasteiger partial charge in [0.05, 0.1) is 19.8 Å². The zero-order chi connectivity index (χ0) is 14.4. The topological polar surface area (TPSA) is 35.5 Å². The summed E-state index contributed by atoms with van der Waals surface area (Å²) in [6.45, 7) is 0. The van der Waals surface area contributed by atoms with Crippen LogP contribution in [0.25, 0.3) is 0 Å². The van der Waals surface area contributed by atoms with Gasteiger partial charge in [-0.15, -0.1) is 0 Å². The van der Waals surface area contributed by atoms with Crippen molar-refractivity contribution in [2.45, 2.75) is 0 Å². The van der Waals surface area contributed by atoms with Crippen molar-refractivity contribution in [2.75, 3.05) is 14.2 Å². The van der Waals surface area contributed by atoms with Crippen LogP contribution in [0.3, 0.4) is 0 Å². The Balaban J connectivity index is 2.41. The molecule has 3 heteroatoms. The van der Waals surface area contributed by atoms with E-state index in [1.165, 1.54) is 7.11 Å². The Hall–Kier alpha value is -2.73. The molecule has 2 aromatic carbocycles. The summed E-state index contributed by atoms with van der Waals surface area (Å²) in [4.78, 5) is 11.8. The summed E-state index contributed by atoms with van der Waals surface area (Å²) in [5.74, 6) is 6.17. The molecule has 100 valence electrons. The highest BCUT2D eigenvalue weighted by Gasteiger charge is 2.11. The van der Waals surface area contributed by atoms with Crippen LogP contribution in [0.2, 0.25) is 0 Å². The minimum absolute atomic E-state index is 0.398. The molecule has 0 aliphatic carbocycles. The summed E-state index contributed by atoms with van der Waals surface area (Å²) < 4.78 is 9.88. The third kappa shape index (κ3) is 3.18. The lowest BCUT2D eigenvalue weighted by atomic mass is 10.1. The van der Waals surface area contributed by atoms with Crippen LogP contribution in [0.4, 0.5) is 0 Å². The molecule has 0 heterocycles. The number of benzene rings is 2. The van der Waals surface area contributed by atoms with E-state index in [2.05, 4.69) is 11.8 Å². The number of ether oxygens (including phenoxy) is 2. The summed E-state index contributed by atoms with van der Waals surface area (Å²) in [5, 5.41) is 0. The average Bonchev–Trinajstić information content (AvgIpc) is 2.53. The van der Waals surface area contributed by atoms with E-state index < -0.39 is 5.97 Å². The molecule has 0 aliphatic heterocycles. The van der Waals surface area contributed by atoms with E-state index in [4.69, 9.17) is 9.47 Å². The first-order valence-corrected chi connectivity index (χ1v) is 6.08. The molecule has 20 heavy (non-hydrogen) atoms. The van der Waals surface area contributed by atoms with Crippen LogP contribution in [0.1, 0.15) is 21.5 Å². The van der Waals surface area contributed by atoms with Crippen molar-refractivity contribution in [1.82, 2.24) is 0 Å². The maximum atomic E-state index is 11.8. The first-order valence-electron chi connectivity index (χ1n) is 6.08. The van der Waals surface area contributed by atoms with Crippen molar-refractivity contribution in [3.63, 3.8) is 0 Å². The second-order valence-electron chi connectivity index (χ2n) is 4.02. The molecule has 0 spiro atoms. The number of esters is 1. The molecule has 0 N–H and O–H groups in total. The fraction of sp³-hybridized carbons (Fsp3) is 0.118. The molecular formula is C17H14O3. The van der Waals surface area contributed by atoms with E-state index in [9.17, 15) is 4.79 Å². The van der Waals surface area contributed by atoms with Crippen molar-refractivity contribution >= 4 is 5.97 Å². The molecule has 0 radical (unpaired) electrons. The van der Waals surface area contributed by atoms with Crippen molar-refractivity contribution in [2.24, 2.45) is 0 Å². The van der Waals surface area contributed by atoms with E-state index in [0.717, 1.165) is 5.56 Å². The Morgan fingerprint density at radius 3 is 2.40 bits per heavy atom. The second-order valence-corrected chi connectivity index (χ2v) is 4.02. The molecule has 2 rings (SSSR count). The van der Waals surface area contributed by atoms with Gasteiger partial charge in [0.15, 0.2) is 0 Å². The Morgan fingerprint density at radius 1 is 1.00 bits per heavy atom. The normalized spacial score (nSPS) is 9.30. The quantitative estimate of drug-likeness (QED) is 0.619. The van der Waals surface area contributed by atoms with E-state index in [1.807, 2.05) is 30.3 Å². The highest BCUT2D eigenvalue weighted by Crippen LogP contribution is 2.18. The van der Waals surface area contributed by atoms with Gasteiger partial charge < -0.3 is 9.47 Å². The number of hydrogen-bond acceptors (Lipinski definition) is 3. The Labute approximate surface area is 118 Å². The predicted molar refractivity (Wildman–Crippen MR) is 76.8 cm³/mol. The molecule has 0 unspecified atom stereocenters. The third-order valence-electron chi connectivity index (χ3n) is 2.75. The molecule has 0 amide bonds. The van der Waals surface area contributed by atoms with Crippen molar-refractivity contribution in [3.05, 3.63) is 65.2 Å². The van der Waals surface area contributed by atoms with Gasteiger partial charge in [0.2, 0.25) is 0 Å². The molecule has 2 aromatic rings. The molecule has 0 aromatic heterocycles. The number of methoxy groups -OCH3 is 2. The van der Waals surface area contributed by atoms with E-state index >= 15 is 0 Å². The molecular weight excluding hydrogens is 252 g/mol. The smallest absolute Gasteiger partial charge is 0.339 e. The van der Waals surface area contributed by atoms with E-state index in [0.29, 0.717) is 16.9 Å². The van der Waals surface area contributed by atoms with Gasteiger partial charge in [0.1, 0.15) is 5.75 Å². The van der Waals surface area contributed by atoms with Crippen molar-refractivity contribution in [3.8, 4) is 17.6 Å². The van der Waals surface area contributed by atoms with Crippen LogP contribution in [0, 0.1) is 11.8 Å². The Bertz CT molecular complexity index is 664. The van der Waals surface area contributed by atoms with Gasteiger partial charge in [0, 0.05) is 11.1 Å². The van der Waals surface area contributed by atoms with Crippen LogP contribution in [-0.2, 0) is 4.74 Å². The summed E-state index contributed by atoms with van der Waals surface area (Å²) in [5.41, 5.74) is 1.90. The van der Waals surface area contributed by atoms with Gasteiger partial charge >= 0.3 is 5.97 Å². The highest BCUT2D eigenvalue weighted by molar-refractivity contribution is 5.92. The number of rotatable bonds is 2. The highest BCUT2D eigenvalue weighted by atomic mass is 16.5. The lowest BCUT2D eigenvalue weighted by molar-refractivity contribution is 0.0600. The molecule has 0 saturated carbocycles. The second kappa shape index (κ2) is 6.44. The zero-order valence-corrected chi connectivity index (χ0v) is 11.3. The fourth-order valence-corrected chi connectivity index (χ4v) is 1.70. The number of carbonyl (C=O) groups excluding carboxylic acids is 1. The van der Waals surface area contributed by atoms with Crippen molar-refractivity contribution < 1.29 is 14.3 Å². The Kier molecular flexibility index (Phi) is 4.41. The van der Waals surface area contributed by atoms with Gasteiger partial charge in [-0.1, -0.05) is 30.0 Å². The summed E-state index contributed by atoms with van der Waals surface area (Å²) in [6.07, 6.45) is 0. The fourth-order valence-electron chi connectivity index (χ4n) is 1.70. The summed E-state index contributed by atoms with van der Waals surface area (Å²) in [6, 6.07) is 14.7. The first-order chi connectivity index (χ1) is 9.74. The van der Waals surface area contributed by atoms with Gasteiger partial charge in [-0.3, -0.25) is 0 Å². The van der Waals surface area contributed by atoms with Gasteiger partial charge in [-0.05, 0) is 30.3 Å². The molecule has 0 fully saturated rings. The molecule has 0 aliphatic rings. The average molecular weight is 266 g/mol.